The Morgan fingerprint density at radius 2 is 1.17 bits per heavy atom. The molecule has 196 valence electrons. The van der Waals surface area contributed by atoms with Crippen LogP contribution in [0.3, 0.4) is 0 Å². The second-order valence-electron chi connectivity index (χ2n) is 11.3. The Labute approximate surface area is 244 Å². The number of nitrogens with zero attached hydrogens (tertiary/aromatic N) is 2. The molecule has 6 aromatic carbocycles. The van der Waals surface area contributed by atoms with Crippen LogP contribution in [0.15, 0.2) is 133 Å². The van der Waals surface area contributed by atoms with E-state index >= 15 is 0 Å². The summed E-state index contributed by atoms with van der Waals surface area (Å²) in [5.74, 6) is 0. The van der Waals surface area contributed by atoms with Gasteiger partial charge in [-0.2, -0.15) is 0 Å². The Balaban J connectivity index is 1.29. The first-order valence-corrected chi connectivity index (χ1v) is 14.9. The fraction of sp³-hybridized carbons (Fsp3) is 0.0789. The standard InChI is InChI=1S/C38H28N2S/c1-38(2)33-22-26-18-19-30(40(28-14-8-4-9-15-28)29-16-10-5-11-17-29)20-27(26)21-31(33)32-23-36-35(24-34(32)38)39-37(41-36)25-12-6-3-7-13-25/h3-24H,1-2H3. The van der Waals surface area contributed by atoms with Crippen molar-refractivity contribution in [2.24, 2.45) is 0 Å². The summed E-state index contributed by atoms with van der Waals surface area (Å²) < 4.78 is 1.24. The van der Waals surface area contributed by atoms with E-state index in [1.165, 1.54) is 43.3 Å². The third-order valence-corrected chi connectivity index (χ3v) is 9.50. The van der Waals surface area contributed by atoms with Crippen LogP contribution in [0.4, 0.5) is 17.1 Å². The largest absolute Gasteiger partial charge is 0.310 e. The molecule has 0 saturated carbocycles. The molecule has 0 fully saturated rings. The van der Waals surface area contributed by atoms with Crippen molar-refractivity contribution in [3.8, 4) is 21.7 Å². The molecule has 0 aliphatic heterocycles. The maximum absolute atomic E-state index is 5.05. The summed E-state index contributed by atoms with van der Waals surface area (Å²) in [7, 11) is 0. The maximum Gasteiger partial charge on any atom is 0.124 e. The normalized spacial score (nSPS) is 13.3. The van der Waals surface area contributed by atoms with Crippen molar-refractivity contribution in [1.82, 2.24) is 4.98 Å². The van der Waals surface area contributed by atoms with Gasteiger partial charge in [-0.3, -0.25) is 0 Å². The summed E-state index contributed by atoms with van der Waals surface area (Å²) in [6.45, 7) is 4.70. The monoisotopic (exact) mass is 544 g/mol. The van der Waals surface area contributed by atoms with E-state index in [-0.39, 0.29) is 5.41 Å². The third-order valence-electron chi connectivity index (χ3n) is 8.43. The molecule has 0 bridgehead atoms. The van der Waals surface area contributed by atoms with Gasteiger partial charge in [-0.05, 0) is 93.7 Å². The number of para-hydroxylation sites is 2. The number of anilines is 3. The number of hydrogen-bond donors (Lipinski definition) is 0. The molecule has 0 unspecified atom stereocenters. The van der Waals surface area contributed by atoms with Crippen molar-refractivity contribution in [2.75, 3.05) is 4.90 Å². The lowest BCUT2D eigenvalue weighted by Crippen LogP contribution is -2.15. The Bertz CT molecular complexity index is 2020. The number of rotatable bonds is 4. The van der Waals surface area contributed by atoms with E-state index in [9.17, 15) is 0 Å². The lowest BCUT2D eigenvalue weighted by atomic mass is 9.82. The third kappa shape index (κ3) is 3.88. The number of thiazole rings is 1. The quantitative estimate of drug-likeness (QED) is 0.219. The van der Waals surface area contributed by atoms with Crippen LogP contribution in [0.2, 0.25) is 0 Å². The second kappa shape index (κ2) is 9.15. The molecule has 1 aliphatic carbocycles. The lowest BCUT2D eigenvalue weighted by molar-refractivity contribution is 0.662. The molecule has 0 spiro atoms. The van der Waals surface area contributed by atoms with Gasteiger partial charge in [0.1, 0.15) is 5.01 Å². The number of hydrogen-bond acceptors (Lipinski definition) is 3. The molecule has 7 aromatic rings. The highest BCUT2D eigenvalue weighted by Crippen LogP contribution is 2.52. The topological polar surface area (TPSA) is 16.1 Å². The number of fused-ring (bicyclic) bond motifs is 5. The molecule has 41 heavy (non-hydrogen) atoms. The molecule has 1 heterocycles. The first kappa shape index (κ1) is 24.1. The van der Waals surface area contributed by atoms with Crippen molar-refractivity contribution < 1.29 is 0 Å². The van der Waals surface area contributed by atoms with Gasteiger partial charge in [0.25, 0.3) is 0 Å². The highest BCUT2D eigenvalue weighted by atomic mass is 32.1. The average molecular weight is 545 g/mol. The van der Waals surface area contributed by atoms with E-state index in [1.807, 2.05) is 0 Å². The van der Waals surface area contributed by atoms with E-state index in [1.54, 1.807) is 11.3 Å². The highest BCUT2D eigenvalue weighted by Gasteiger charge is 2.36. The maximum atomic E-state index is 5.05. The minimum Gasteiger partial charge on any atom is -0.310 e. The van der Waals surface area contributed by atoms with Gasteiger partial charge in [0.05, 0.1) is 10.2 Å². The van der Waals surface area contributed by atoms with Gasteiger partial charge in [-0.15, -0.1) is 11.3 Å². The van der Waals surface area contributed by atoms with Crippen molar-refractivity contribution in [3.05, 3.63) is 145 Å². The molecule has 3 heteroatoms. The number of benzene rings is 6. The van der Waals surface area contributed by atoms with Gasteiger partial charge in [0.15, 0.2) is 0 Å². The van der Waals surface area contributed by atoms with Gasteiger partial charge in [-0.1, -0.05) is 86.6 Å². The van der Waals surface area contributed by atoms with Crippen LogP contribution in [0.25, 0.3) is 42.7 Å². The van der Waals surface area contributed by atoms with E-state index < -0.39 is 0 Å². The fourth-order valence-electron chi connectivity index (χ4n) is 6.33. The Kier molecular flexibility index (Phi) is 5.38. The summed E-state index contributed by atoms with van der Waals surface area (Å²) in [6.07, 6.45) is 0. The molecule has 0 atom stereocenters. The molecule has 0 amide bonds. The van der Waals surface area contributed by atoms with Gasteiger partial charge in [0, 0.05) is 28.0 Å². The van der Waals surface area contributed by atoms with E-state index in [4.69, 9.17) is 4.98 Å². The van der Waals surface area contributed by atoms with Crippen LogP contribution in [0.5, 0.6) is 0 Å². The SMILES string of the molecule is CC1(C)c2cc3ccc(N(c4ccccc4)c4ccccc4)cc3cc2-c2cc3sc(-c4ccccc4)nc3cc21. The highest BCUT2D eigenvalue weighted by molar-refractivity contribution is 7.21. The first-order valence-electron chi connectivity index (χ1n) is 14.1. The minimum atomic E-state index is -0.0949. The fourth-order valence-corrected chi connectivity index (χ4v) is 7.32. The van der Waals surface area contributed by atoms with Crippen LogP contribution in [0.1, 0.15) is 25.0 Å². The number of aromatic nitrogens is 1. The van der Waals surface area contributed by atoms with Gasteiger partial charge in [-0.25, -0.2) is 4.98 Å². The van der Waals surface area contributed by atoms with Crippen molar-refractivity contribution in [2.45, 2.75) is 19.3 Å². The molecule has 1 aliphatic rings. The molecule has 0 radical (unpaired) electrons. The van der Waals surface area contributed by atoms with Gasteiger partial charge >= 0.3 is 0 Å². The Morgan fingerprint density at radius 1 is 0.561 bits per heavy atom. The van der Waals surface area contributed by atoms with Crippen LogP contribution >= 0.6 is 11.3 Å². The summed E-state index contributed by atoms with van der Waals surface area (Å²) in [5.41, 5.74) is 11.0. The van der Waals surface area contributed by atoms with Crippen LogP contribution in [-0.4, -0.2) is 4.98 Å². The van der Waals surface area contributed by atoms with Crippen molar-refractivity contribution in [3.63, 3.8) is 0 Å². The first-order chi connectivity index (χ1) is 20.1. The van der Waals surface area contributed by atoms with Gasteiger partial charge < -0.3 is 4.90 Å². The molecule has 0 N–H and O–H groups in total. The summed E-state index contributed by atoms with van der Waals surface area (Å²) in [5, 5.41) is 3.59. The average Bonchev–Trinajstić information content (AvgIpc) is 3.53. The second-order valence-corrected chi connectivity index (χ2v) is 12.3. The van der Waals surface area contributed by atoms with Crippen LogP contribution in [-0.2, 0) is 5.41 Å². The summed E-state index contributed by atoms with van der Waals surface area (Å²) in [4.78, 5) is 7.38. The smallest absolute Gasteiger partial charge is 0.124 e. The minimum absolute atomic E-state index is 0.0949. The van der Waals surface area contributed by atoms with Gasteiger partial charge in [0.2, 0.25) is 0 Å². The predicted octanol–water partition coefficient (Wildman–Crippen LogP) is 10.9. The van der Waals surface area contributed by atoms with Crippen LogP contribution < -0.4 is 4.90 Å². The zero-order valence-electron chi connectivity index (χ0n) is 23.0. The molecular weight excluding hydrogens is 516 g/mol. The zero-order chi connectivity index (χ0) is 27.6. The van der Waals surface area contributed by atoms with E-state index in [0.717, 1.165) is 27.6 Å². The predicted molar refractivity (Wildman–Crippen MR) is 175 cm³/mol. The summed E-state index contributed by atoms with van der Waals surface area (Å²) >= 11 is 1.78. The molecule has 0 saturated heterocycles. The van der Waals surface area contributed by atoms with Crippen molar-refractivity contribution in [1.29, 1.82) is 0 Å². The molecular formula is C38H28N2S. The Morgan fingerprint density at radius 3 is 1.85 bits per heavy atom. The molecule has 8 rings (SSSR count). The lowest BCUT2D eigenvalue weighted by Gasteiger charge is -2.26. The van der Waals surface area contributed by atoms with E-state index in [0.29, 0.717) is 0 Å². The molecule has 2 nitrogen and oxygen atoms in total. The van der Waals surface area contributed by atoms with Crippen molar-refractivity contribution >= 4 is 49.4 Å². The summed E-state index contributed by atoms with van der Waals surface area (Å²) in [6, 6.07) is 48.1. The van der Waals surface area contributed by atoms with Crippen LogP contribution in [0, 0.1) is 0 Å². The molecule has 1 aromatic heterocycles. The zero-order valence-corrected chi connectivity index (χ0v) is 23.8. The van der Waals surface area contributed by atoms with E-state index in [2.05, 4.69) is 152 Å². The Hall–Kier alpha value is -4.73.